The molecular weight excluding hydrogens is 338 g/mol. The summed E-state index contributed by atoms with van der Waals surface area (Å²) in [5.41, 5.74) is 1.89. The molecule has 1 saturated heterocycles. The van der Waals surface area contributed by atoms with E-state index < -0.39 is 0 Å². The molecule has 5 nitrogen and oxygen atoms in total. The van der Waals surface area contributed by atoms with Gasteiger partial charge in [-0.15, -0.1) is 0 Å². The summed E-state index contributed by atoms with van der Waals surface area (Å²) in [5, 5.41) is 3.12. The van der Waals surface area contributed by atoms with E-state index in [4.69, 9.17) is 0 Å². The first-order valence-electron chi connectivity index (χ1n) is 9.69. The van der Waals surface area contributed by atoms with Gasteiger partial charge in [0.05, 0.1) is 5.41 Å². The quantitative estimate of drug-likeness (QED) is 0.908. The molecule has 2 aromatic rings. The van der Waals surface area contributed by atoms with E-state index in [-0.39, 0.29) is 23.3 Å². The van der Waals surface area contributed by atoms with Crippen molar-refractivity contribution < 1.29 is 9.59 Å². The maximum atomic E-state index is 13.2. The van der Waals surface area contributed by atoms with Gasteiger partial charge >= 0.3 is 0 Å². The molecule has 2 heterocycles. The summed E-state index contributed by atoms with van der Waals surface area (Å²) >= 11 is 0. The number of benzene rings is 1. The molecule has 27 heavy (non-hydrogen) atoms. The fraction of sp³-hybridized carbons (Fsp3) is 0.409. The lowest BCUT2D eigenvalue weighted by atomic mass is 9.71. The fourth-order valence-corrected chi connectivity index (χ4v) is 4.51. The lowest BCUT2D eigenvalue weighted by molar-refractivity contribution is -0.127. The van der Waals surface area contributed by atoms with Gasteiger partial charge in [0.15, 0.2) is 0 Å². The van der Waals surface area contributed by atoms with E-state index in [0.29, 0.717) is 12.1 Å². The zero-order chi connectivity index (χ0) is 18.9. The van der Waals surface area contributed by atoms with Crippen LogP contribution in [0.25, 0.3) is 0 Å². The van der Waals surface area contributed by atoms with Gasteiger partial charge in [-0.1, -0.05) is 30.7 Å². The first-order chi connectivity index (χ1) is 13.1. The van der Waals surface area contributed by atoms with Gasteiger partial charge in [-0.2, -0.15) is 0 Å². The summed E-state index contributed by atoms with van der Waals surface area (Å²) in [6.07, 6.45) is 4.35. The van der Waals surface area contributed by atoms with Crippen LogP contribution in [0.1, 0.15) is 48.3 Å². The van der Waals surface area contributed by atoms with Crippen LogP contribution in [0.3, 0.4) is 0 Å². The van der Waals surface area contributed by atoms with E-state index in [0.717, 1.165) is 43.6 Å². The first-order valence-corrected chi connectivity index (χ1v) is 9.69. The van der Waals surface area contributed by atoms with E-state index in [1.165, 1.54) is 0 Å². The van der Waals surface area contributed by atoms with E-state index in [1.54, 1.807) is 6.07 Å². The Morgan fingerprint density at radius 2 is 1.96 bits per heavy atom. The number of anilines is 1. The molecule has 1 aromatic heterocycles. The molecule has 2 fully saturated rings. The van der Waals surface area contributed by atoms with Gasteiger partial charge in [0.2, 0.25) is 5.91 Å². The number of nitrogens with zero attached hydrogens (tertiary/aromatic N) is 2. The number of carbonyl (C=O) groups is 2. The van der Waals surface area contributed by atoms with Crippen molar-refractivity contribution >= 4 is 17.5 Å². The Balaban J connectivity index is 1.46. The Bertz CT molecular complexity index is 852. The van der Waals surface area contributed by atoms with Gasteiger partial charge in [0.25, 0.3) is 5.91 Å². The number of para-hydroxylation sites is 1. The molecule has 1 aromatic carbocycles. The fourth-order valence-electron chi connectivity index (χ4n) is 4.51. The summed E-state index contributed by atoms with van der Waals surface area (Å²) in [6.45, 7) is 2.63. The van der Waals surface area contributed by atoms with Crippen molar-refractivity contribution in [3.63, 3.8) is 0 Å². The average molecular weight is 363 g/mol. The van der Waals surface area contributed by atoms with E-state index in [2.05, 4.69) is 10.3 Å². The lowest BCUT2D eigenvalue weighted by Crippen LogP contribution is -2.46. The highest BCUT2D eigenvalue weighted by molar-refractivity contribution is 6.00. The van der Waals surface area contributed by atoms with Crippen LogP contribution in [-0.4, -0.2) is 29.4 Å². The van der Waals surface area contributed by atoms with Crippen LogP contribution < -0.4 is 10.2 Å². The van der Waals surface area contributed by atoms with Crippen molar-refractivity contribution in [2.45, 2.75) is 45.1 Å². The first kappa shape index (κ1) is 17.7. The lowest BCUT2D eigenvalue weighted by Gasteiger charge is -2.36. The van der Waals surface area contributed by atoms with Crippen LogP contribution in [0, 0.1) is 12.3 Å². The summed E-state index contributed by atoms with van der Waals surface area (Å²) < 4.78 is 0. The Hall–Kier alpha value is -2.69. The number of hydrogen-bond donors (Lipinski definition) is 1. The van der Waals surface area contributed by atoms with E-state index >= 15 is 0 Å². The second-order valence-electron chi connectivity index (χ2n) is 7.75. The zero-order valence-electron chi connectivity index (χ0n) is 15.6. The maximum Gasteiger partial charge on any atom is 0.270 e. The molecule has 2 unspecified atom stereocenters. The van der Waals surface area contributed by atoms with E-state index in [1.807, 2.05) is 54.3 Å². The van der Waals surface area contributed by atoms with Crippen LogP contribution in [-0.2, 0) is 4.79 Å². The Labute approximate surface area is 159 Å². The minimum Gasteiger partial charge on any atom is -0.348 e. The normalized spacial score (nSPS) is 25.0. The number of rotatable bonds is 3. The summed E-state index contributed by atoms with van der Waals surface area (Å²) in [7, 11) is 0. The molecule has 0 radical (unpaired) electrons. The number of hydrogen-bond acceptors (Lipinski definition) is 3. The second-order valence-corrected chi connectivity index (χ2v) is 7.75. The molecule has 4 rings (SSSR count). The monoisotopic (exact) mass is 363 g/mol. The third-order valence-electron chi connectivity index (χ3n) is 5.88. The van der Waals surface area contributed by atoms with Gasteiger partial charge in [-0.05, 0) is 56.9 Å². The standard InChI is InChI=1S/C22H25N3O2/c1-16-7-5-11-19(23-16)20(26)24-17-8-6-12-22(15-17)13-14-25(21(22)27)18-9-3-2-4-10-18/h2-5,7,9-11,17H,6,8,12-15H2,1H3,(H,24,26). The predicted octanol–water partition coefficient (Wildman–Crippen LogP) is 3.49. The average Bonchev–Trinajstić information content (AvgIpc) is 2.98. The van der Waals surface area contributed by atoms with Crippen LogP contribution in [0.15, 0.2) is 48.5 Å². The number of nitrogens with one attached hydrogen (secondary N) is 1. The Morgan fingerprint density at radius 3 is 2.74 bits per heavy atom. The highest BCUT2D eigenvalue weighted by atomic mass is 16.2. The molecule has 1 saturated carbocycles. The number of pyridine rings is 1. The molecule has 0 bridgehead atoms. The van der Waals surface area contributed by atoms with Crippen LogP contribution in [0.4, 0.5) is 5.69 Å². The van der Waals surface area contributed by atoms with Crippen molar-refractivity contribution in [1.82, 2.24) is 10.3 Å². The topological polar surface area (TPSA) is 62.3 Å². The molecule has 2 aliphatic rings. The largest absolute Gasteiger partial charge is 0.348 e. The molecule has 1 N–H and O–H groups in total. The highest BCUT2D eigenvalue weighted by Gasteiger charge is 2.49. The number of aryl methyl sites for hydroxylation is 1. The highest BCUT2D eigenvalue weighted by Crippen LogP contribution is 2.46. The summed E-state index contributed by atoms with van der Waals surface area (Å²) in [6, 6.07) is 15.3. The Kier molecular flexibility index (Phi) is 4.68. The summed E-state index contributed by atoms with van der Waals surface area (Å²) in [5.74, 6) is 0.0624. The van der Waals surface area contributed by atoms with Crippen molar-refractivity contribution in [2.24, 2.45) is 5.41 Å². The third kappa shape index (κ3) is 3.46. The minimum atomic E-state index is -0.341. The molecular formula is C22H25N3O2. The molecule has 1 aliphatic heterocycles. The molecule has 1 spiro atoms. The van der Waals surface area contributed by atoms with Crippen LogP contribution >= 0.6 is 0 Å². The molecule has 5 heteroatoms. The van der Waals surface area contributed by atoms with Gasteiger partial charge in [0.1, 0.15) is 5.69 Å². The van der Waals surface area contributed by atoms with Crippen LogP contribution in [0.5, 0.6) is 0 Å². The number of carbonyl (C=O) groups excluding carboxylic acids is 2. The maximum absolute atomic E-state index is 13.2. The molecule has 140 valence electrons. The third-order valence-corrected chi connectivity index (χ3v) is 5.88. The van der Waals surface area contributed by atoms with Crippen molar-refractivity contribution in [3.8, 4) is 0 Å². The predicted molar refractivity (Wildman–Crippen MR) is 105 cm³/mol. The SMILES string of the molecule is Cc1cccc(C(=O)NC2CCCC3(CCN(c4ccccc4)C3=O)C2)n1. The van der Waals surface area contributed by atoms with Gasteiger partial charge in [0, 0.05) is 24.0 Å². The number of aromatic nitrogens is 1. The minimum absolute atomic E-state index is 0.0215. The smallest absolute Gasteiger partial charge is 0.270 e. The van der Waals surface area contributed by atoms with E-state index in [9.17, 15) is 9.59 Å². The van der Waals surface area contributed by atoms with Crippen molar-refractivity contribution in [2.75, 3.05) is 11.4 Å². The Morgan fingerprint density at radius 1 is 1.15 bits per heavy atom. The molecule has 2 atom stereocenters. The zero-order valence-corrected chi connectivity index (χ0v) is 15.6. The number of amides is 2. The molecule has 1 aliphatic carbocycles. The molecule has 2 amide bonds. The van der Waals surface area contributed by atoms with Crippen LogP contribution in [0.2, 0.25) is 0 Å². The summed E-state index contributed by atoms with van der Waals surface area (Å²) in [4.78, 5) is 32.0. The second kappa shape index (κ2) is 7.14. The van der Waals surface area contributed by atoms with Crippen molar-refractivity contribution in [1.29, 1.82) is 0 Å². The van der Waals surface area contributed by atoms with Gasteiger partial charge < -0.3 is 10.2 Å². The van der Waals surface area contributed by atoms with Gasteiger partial charge in [-0.25, -0.2) is 4.98 Å². The van der Waals surface area contributed by atoms with Crippen molar-refractivity contribution in [3.05, 3.63) is 59.9 Å². The van der Waals surface area contributed by atoms with Gasteiger partial charge in [-0.3, -0.25) is 9.59 Å².